The fourth-order valence-electron chi connectivity index (χ4n) is 2.57. The third-order valence-corrected chi connectivity index (χ3v) is 3.96. The van der Waals surface area contributed by atoms with Gasteiger partial charge in [0, 0.05) is 12.2 Å². The number of aryl methyl sites for hydroxylation is 1. The van der Waals surface area contributed by atoms with Crippen molar-refractivity contribution in [1.29, 1.82) is 0 Å². The molecule has 0 radical (unpaired) electrons. The molecule has 0 fully saturated rings. The number of nitrogens with zero attached hydrogens (tertiary/aromatic N) is 3. The van der Waals surface area contributed by atoms with Gasteiger partial charge in [0.2, 0.25) is 0 Å². The number of carbonyl (C=O) groups excluding carboxylic acids is 1. The van der Waals surface area contributed by atoms with E-state index in [1.165, 1.54) is 19.5 Å². The summed E-state index contributed by atoms with van der Waals surface area (Å²) in [5.41, 5.74) is 3.47. The van der Waals surface area contributed by atoms with E-state index in [1.807, 2.05) is 12.1 Å². The molecule has 0 amide bonds. The molecule has 0 spiro atoms. The Morgan fingerprint density at radius 3 is 2.77 bits per heavy atom. The Hall–Kier alpha value is -3.22. The van der Waals surface area contributed by atoms with Crippen LogP contribution in [0.2, 0.25) is 0 Å². The van der Waals surface area contributed by atoms with Crippen molar-refractivity contribution in [1.82, 2.24) is 14.8 Å². The molecule has 0 aliphatic carbocycles. The molecule has 3 rings (SSSR count). The van der Waals surface area contributed by atoms with Gasteiger partial charge in [-0.2, -0.15) is 5.10 Å². The third kappa shape index (κ3) is 4.24. The first kappa shape index (κ1) is 17.6. The smallest absolute Gasteiger partial charge is 0.337 e. The van der Waals surface area contributed by atoms with Crippen LogP contribution < -0.4 is 5.32 Å². The van der Waals surface area contributed by atoms with E-state index in [4.69, 9.17) is 4.74 Å². The SMILES string of the molecule is COC(=O)c1cc(Cn2cncn2)cc(NCc2ccc(C)c(F)c2)c1. The minimum Gasteiger partial charge on any atom is -0.465 e. The average Bonchev–Trinajstić information content (AvgIpc) is 3.15. The summed E-state index contributed by atoms with van der Waals surface area (Å²) < 4.78 is 20.2. The maximum atomic E-state index is 13.7. The summed E-state index contributed by atoms with van der Waals surface area (Å²) in [4.78, 5) is 15.9. The van der Waals surface area contributed by atoms with E-state index in [9.17, 15) is 9.18 Å². The number of methoxy groups -OCH3 is 1. The molecule has 0 aliphatic heterocycles. The Morgan fingerprint density at radius 1 is 1.23 bits per heavy atom. The van der Waals surface area contributed by atoms with E-state index in [2.05, 4.69) is 15.4 Å². The molecule has 6 nitrogen and oxygen atoms in total. The summed E-state index contributed by atoms with van der Waals surface area (Å²) in [6.07, 6.45) is 3.06. The lowest BCUT2D eigenvalue weighted by molar-refractivity contribution is 0.0600. The number of hydrogen-bond acceptors (Lipinski definition) is 5. The van der Waals surface area contributed by atoms with Crippen LogP contribution in [-0.2, 0) is 17.8 Å². The van der Waals surface area contributed by atoms with Gasteiger partial charge in [0.15, 0.2) is 0 Å². The summed E-state index contributed by atoms with van der Waals surface area (Å²) in [6.45, 7) is 2.63. The van der Waals surface area contributed by atoms with Crippen LogP contribution >= 0.6 is 0 Å². The minimum atomic E-state index is -0.421. The molecule has 1 N–H and O–H groups in total. The fraction of sp³-hybridized carbons (Fsp3) is 0.211. The highest BCUT2D eigenvalue weighted by Gasteiger charge is 2.10. The van der Waals surface area contributed by atoms with E-state index in [0.717, 1.165) is 16.8 Å². The number of ether oxygens (including phenoxy) is 1. The number of hydrogen-bond donors (Lipinski definition) is 1. The van der Waals surface area contributed by atoms with Crippen molar-refractivity contribution in [3.8, 4) is 0 Å². The molecule has 0 aliphatic rings. The van der Waals surface area contributed by atoms with Crippen molar-refractivity contribution in [3.05, 3.63) is 77.1 Å². The quantitative estimate of drug-likeness (QED) is 0.689. The Kier molecular flexibility index (Phi) is 5.26. The molecule has 1 heterocycles. The zero-order chi connectivity index (χ0) is 18.5. The van der Waals surface area contributed by atoms with Gasteiger partial charge in [-0.15, -0.1) is 0 Å². The average molecular weight is 354 g/mol. The summed E-state index contributed by atoms with van der Waals surface area (Å²) in [6, 6.07) is 10.5. The monoisotopic (exact) mass is 354 g/mol. The lowest BCUT2D eigenvalue weighted by Gasteiger charge is -2.12. The van der Waals surface area contributed by atoms with Gasteiger partial charge in [-0.1, -0.05) is 12.1 Å². The van der Waals surface area contributed by atoms with Gasteiger partial charge in [-0.3, -0.25) is 0 Å². The van der Waals surface area contributed by atoms with Crippen molar-refractivity contribution >= 4 is 11.7 Å². The Bertz CT molecular complexity index is 910. The van der Waals surface area contributed by atoms with E-state index in [1.54, 1.807) is 36.1 Å². The van der Waals surface area contributed by atoms with Crippen molar-refractivity contribution in [3.63, 3.8) is 0 Å². The number of carbonyl (C=O) groups is 1. The zero-order valence-electron chi connectivity index (χ0n) is 14.6. The highest BCUT2D eigenvalue weighted by molar-refractivity contribution is 5.90. The van der Waals surface area contributed by atoms with Crippen LogP contribution in [0.25, 0.3) is 0 Å². The standard InChI is InChI=1S/C19H19FN4O2/c1-13-3-4-14(7-18(13)20)9-22-17-6-15(10-24-12-21-11-23-24)5-16(8-17)19(25)26-2/h3-8,11-12,22H,9-10H2,1-2H3. The number of nitrogens with one attached hydrogen (secondary N) is 1. The van der Waals surface area contributed by atoms with E-state index >= 15 is 0 Å². The van der Waals surface area contributed by atoms with E-state index in [-0.39, 0.29) is 5.82 Å². The van der Waals surface area contributed by atoms with Crippen LogP contribution in [0, 0.1) is 12.7 Å². The van der Waals surface area contributed by atoms with Crippen LogP contribution in [0.15, 0.2) is 49.1 Å². The highest BCUT2D eigenvalue weighted by atomic mass is 19.1. The first-order valence-electron chi connectivity index (χ1n) is 8.09. The molecular weight excluding hydrogens is 335 g/mol. The van der Waals surface area contributed by atoms with Gasteiger partial charge in [0.05, 0.1) is 19.2 Å². The van der Waals surface area contributed by atoms with Gasteiger partial charge in [0.25, 0.3) is 0 Å². The van der Waals surface area contributed by atoms with Gasteiger partial charge < -0.3 is 10.1 Å². The number of esters is 1. The second-order valence-corrected chi connectivity index (χ2v) is 5.94. The molecule has 0 unspecified atom stereocenters. The Labute approximate surface area is 150 Å². The molecule has 0 atom stereocenters. The lowest BCUT2D eigenvalue weighted by atomic mass is 10.1. The van der Waals surface area contributed by atoms with E-state index < -0.39 is 5.97 Å². The predicted molar refractivity (Wildman–Crippen MR) is 95.4 cm³/mol. The third-order valence-electron chi connectivity index (χ3n) is 3.96. The second kappa shape index (κ2) is 7.77. The largest absolute Gasteiger partial charge is 0.465 e. The minimum absolute atomic E-state index is 0.237. The van der Waals surface area contributed by atoms with Crippen molar-refractivity contribution in [2.75, 3.05) is 12.4 Å². The normalized spacial score (nSPS) is 10.6. The van der Waals surface area contributed by atoms with Crippen LogP contribution in [0.3, 0.4) is 0 Å². The summed E-state index contributed by atoms with van der Waals surface area (Å²) in [5.74, 6) is -0.658. The maximum absolute atomic E-state index is 13.7. The van der Waals surface area contributed by atoms with Crippen LogP contribution in [0.1, 0.15) is 27.0 Å². The lowest BCUT2D eigenvalue weighted by Crippen LogP contribution is -2.08. The fourth-order valence-corrected chi connectivity index (χ4v) is 2.57. The second-order valence-electron chi connectivity index (χ2n) is 5.94. The molecule has 2 aromatic carbocycles. The number of halogens is 1. The molecule has 0 saturated carbocycles. The highest BCUT2D eigenvalue weighted by Crippen LogP contribution is 2.18. The molecule has 26 heavy (non-hydrogen) atoms. The molecule has 134 valence electrons. The Morgan fingerprint density at radius 2 is 2.08 bits per heavy atom. The molecular formula is C19H19FN4O2. The summed E-state index contributed by atoms with van der Waals surface area (Å²) in [7, 11) is 1.34. The number of anilines is 1. The first-order valence-corrected chi connectivity index (χ1v) is 8.09. The van der Waals surface area contributed by atoms with Crippen LogP contribution in [-0.4, -0.2) is 27.8 Å². The van der Waals surface area contributed by atoms with Gasteiger partial charge in [-0.25, -0.2) is 18.9 Å². The predicted octanol–water partition coefficient (Wildman–Crippen LogP) is 3.17. The van der Waals surface area contributed by atoms with Crippen LogP contribution in [0.5, 0.6) is 0 Å². The van der Waals surface area contributed by atoms with Gasteiger partial charge in [-0.05, 0) is 47.9 Å². The van der Waals surface area contributed by atoms with Gasteiger partial charge in [0.1, 0.15) is 18.5 Å². The molecule has 7 heteroatoms. The molecule has 1 aromatic heterocycles. The Balaban J connectivity index is 1.82. The number of rotatable bonds is 6. The van der Waals surface area contributed by atoms with Gasteiger partial charge >= 0.3 is 5.97 Å². The number of benzene rings is 2. The zero-order valence-corrected chi connectivity index (χ0v) is 14.6. The molecule has 3 aromatic rings. The topological polar surface area (TPSA) is 69.0 Å². The van der Waals surface area contributed by atoms with E-state index in [0.29, 0.717) is 24.2 Å². The van der Waals surface area contributed by atoms with Crippen LogP contribution in [0.4, 0.5) is 10.1 Å². The molecule has 0 saturated heterocycles. The summed E-state index contributed by atoms with van der Waals surface area (Å²) >= 11 is 0. The maximum Gasteiger partial charge on any atom is 0.337 e. The summed E-state index contributed by atoms with van der Waals surface area (Å²) in [5, 5.41) is 7.30. The first-order chi connectivity index (χ1) is 12.5. The molecule has 0 bridgehead atoms. The van der Waals surface area contributed by atoms with Crippen molar-refractivity contribution in [2.45, 2.75) is 20.0 Å². The van der Waals surface area contributed by atoms with Crippen molar-refractivity contribution in [2.24, 2.45) is 0 Å². The number of aromatic nitrogens is 3. The van der Waals surface area contributed by atoms with Crippen molar-refractivity contribution < 1.29 is 13.9 Å².